The van der Waals surface area contributed by atoms with Crippen molar-refractivity contribution in [2.75, 3.05) is 20.3 Å². The van der Waals surface area contributed by atoms with Gasteiger partial charge in [0.05, 0.1) is 6.61 Å². The van der Waals surface area contributed by atoms with Crippen molar-refractivity contribution < 1.29 is 14.3 Å². The first-order valence-electron chi connectivity index (χ1n) is 7.68. The Bertz CT molecular complexity index is 427. The minimum atomic E-state index is -0.696. The van der Waals surface area contributed by atoms with Gasteiger partial charge in [0.1, 0.15) is 11.1 Å². The van der Waals surface area contributed by atoms with Gasteiger partial charge in [-0.15, -0.1) is 0 Å². The molecule has 1 unspecified atom stereocenters. The minimum absolute atomic E-state index is 0.0557. The van der Waals surface area contributed by atoms with Crippen LogP contribution in [0.5, 0.6) is 0 Å². The van der Waals surface area contributed by atoms with Gasteiger partial charge in [0.15, 0.2) is 0 Å². The van der Waals surface area contributed by atoms with Crippen LogP contribution in [0.2, 0.25) is 0 Å². The molecule has 5 nitrogen and oxygen atoms in total. The van der Waals surface area contributed by atoms with E-state index >= 15 is 0 Å². The van der Waals surface area contributed by atoms with Crippen molar-refractivity contribution in [3.63, 3.8) is 0 Å². The lowest BCUT2D eigenvalue weighted by Gasteiger charge is -2.50. The first-order chi connectivity index (χ1) is 9.54. The Morgan fingerprint density at radius 3 is 2.50 bits per heavy atom. The number of amides is 2. The van der Waals surface area contributed by atoms with E-state index in [9.17, 15) is 9.59 Å². The highest BCUT2D eigenvalue weighted by Crippen LogP contribution is 2.46. The Labute approximate surface area is 120 Å². The molecule has 1 heterocycles. The van der Waals surface area contributed by atoms with Crippen molar-refractivity contribution in [1.82, 2.24) is 10.2 Å². The lowest BCUT2D eigenvalue weighted by molar-refractivity contribution is -0.164. The van der Waals surface area contributed by atoms with Crippen LogP contribution in [0.1, 0.15) is 45.4 Å². The van der Waals surface area contributed by atoms with E-state index in [4.69, 9.17) is 4.74 Å². The van der Waals surface area contributed by atoms with Crippen LogP contribution in [-0.4, -0.2) is 48.1 Å². The quantitative estimate of drug-likeness (QED) is 0.838. The Morgan fingerprint density at radius 2 is 1.95 bits per heavy atom. The molecule has 0 aromatic heterocycles. The summed E-state index contributed by atoms with van der Waals surface area (Å²) in [5.74, 6) is 0.460. The number of nitrogens with zero attached hydrogens (tertiary/aromatic N) is 1. The molecule has 2 aliphatic carbocycles. The van der Waals surface area contributed by atoms with Gasteiger partial charge in [0, 0.05) is 13.7 Å². The number of rotatable bonds is 4. The van der Waals surface area contributed by atoms with E-state index in [0.717, 1.165) is 38.5 Å². The Balaban J connectivity index is 1.92. The summed E-state index contributed by atoms with van der Waals surface area (Å²) in [5.41, 5.74) is -1.30. The predicted octanol–water partition coefficient (Wildman–Crippen LogP) is 1.07. The number of carbonyl (C=O) groups excluding carboxylic acids is 2. The van der Waals surface area contributed by atoms with Gasteiger partial charge in [-0.05, 0) is 38.5 Å². The molecule has 3 fully saturated rings. The molecule has 1 spiro atoms. The molecule has 3 aliphatic rings. The van der Waals surface area contributed by atoms with Crippen LogP contribution in [0.4, 0.5) is 0 Å². The van der Waals surface area contributed by atoms with Crippen LogP contribution in [0.15, 0.2) is 0 Å². The van der Waals surface area contributed by atoms with E-state index < -0.39 is 11.1 Å². The van der Waals surface area contributed by atoms with Crippen LogP contribution in [0.3, 0.4) is 0 Å². The SMILES string of the molecule is COCCN1C(=O)C(C)(C2CC2)NC(=O)C12CCCC2. The molecule has 20 heavy (non-hydrogen) atoms. The third-order valence-corrected chi connectivity index (χ3v) is 5.35. The summed E-state index contributed by atoms with van der Waals surface area (Å²) < 4.78 is 5.15. The first kappa shape index (κ1) is 13.9. The van der Waals surface area contributed by atoms with Crippen LogP contribution in [0, 0.1) is 5.92 Å². The van der Waals surface area contributed by atoms with Gasteiger partial charge in [0.2, 0.25) is 11.8 Å². The standard InChI is InChI=1S/C15H24N2O3/c1-14(11-5-6-11)13(19)17(9-10-20-2)15(12(18)16-14)7-3-4-8-15/h11H,3-10H2,1-2H3,(H,16,18). The molecule has 112 valence electrons. The van der Waals surface area contributed by atoms with Gasteiger partial charge < -0.3 is 15.0 Å². The summed E-state index contributed by atoms with van der Waals surface area (Å²) in [6.45, 7) is 2.90. The van der Waals surface area contributed by atoms with Crippen LogP contribution in [0.25, 0.3) is 0 Å². The Morgan fingerprint density at radius 1 is 1.30 bits per heavy atom. The normalized spacial score (nSPS) is 32.8. The largest absolute Gasteiger partial charge is 0.383 e. The van der Waals surface area contributed by atoms with Gasteiger partial charge >= 0.3 is 0 Å². The van der Waals surface area contributed by atoms with Gasteiger partial charge in [-0.25, -0.2) is 0 Å². The third kappa shape index (κ3) is 1.86. The zero-order valence-electron chi connectivity index (χ0n) is 12.4. The fourth-order valence-corrected chi connectivity index (χ4v) is 3.90. The van der Waals surface area contributed by atoms with Crippen molar-refractivity contribution in [2.24, 2.45) is 5.92 Å². The van der Waals surface area contributed by atoms with Crippen LogP contribution >= 0.6 is 0 Å². The number of hydrogen-bond acceptors (Lipinski definition) is 3. The van der Waals surface area contributed by atoms with E-state index in [1.54, 1.807) is 7.11 Å². The maximum atomic E-state index is 13.0. The molecule has 0 aromatic carbocycles. The van der Waals surface area contributed by atoms with Gasteiger partial charge in [-0.2, -0.15) is 0 Å². The molecule has 1 aliphatic heterocycles. The molecule has 1 atom stereocenters. The maximum absolute atomic E-state index is 13.0. The van der Waals surface area contributed by atoms with Crippen LogP contribution in [-0.2, 0) is 14.3 Å². The molecule has 1 N–H and O–H groups in total. The molecular weight excluding hydrogens is 256 g/mol. The minimum Gasteiger partial charge on any atom is -0.383 e. The summed E-state index contributed by atoms with van der Waals surface area (Å²) in [5, 5.41) is 3.07. The average molecular weight is 280 g/mol. The molecule has 1 saturated heterocycles. The van der Waals surface area contributed by atoms with Crippen molar-refractivity contribution >= 4 is 11.8 Å². The van der Waals surface area contributed by atoms with E-state index in [2.05, 4.69) is 5.32 Å². The number of nitrogens with one attached hydrogen (secondary N) is 1. The lowest BCUT2D eigenvalue weighted by Crippen LogP contribution is -2.75. The highest BCUT2D eigenvalue weighted by atomic mass is 16.5. The zero-order valence-corrected chi connectivity index (χ0v) is 12.4. The molecular formula is C15H24N2O3. The maximum Gasteiger partial charge on any atom is 0.249 e. The monoisotopic (exact) mass is 280 g/mol. The summed E-state index contributed by atoms with van der Waals surface area (Å²) in [6, 6.07) is 0. The summed E-state index contributed by atoms with van der Waals surface area (Å²) >= 11 is 0. The topological polar surface area (TPSA) is 58.6 Å². The highest BCUT2D eigenvalue weighted by molar-refractivity contribution is 6.02. The molecule has 0 bridgehead atoms. The molecule has 0 aromatic rings. The summed E-state index contributed by atoms with van der Waals surface area (Å²) in [4.78, 5) is 27.6. The molecule has 2 saturated carbocycles. The van der Waals surface area contributed by atoms with Crippen molar-refractivity contribution in [3.05, 3.63) is 0 Å². The first-order valence-corrected chi connectivity index (χ1v) is 7.68. The second kappa shape index (κ2) is 4.72. The fourth-order valence-electron chi connectivity index (χ4n) is 3.90. The van der Waals surface area contributed by atoms with E-state index in [1.807, 2.05) is 11.8 Å². The second-order valence-corrected chi connectivity index (χ2v) is 6.62. The van der Waals surface area contributed by atoms with Gasteiger partial charge in [-0.1, -0.05) is 12.8 Å². The molecule has 0 radical (unpaired) electrons. The van der Waals surface area contributed by atoms with E-state index in [-0.39, 0.29) is 11.8 Å². The van der Waals surface area contributed by atoms with Crippen molar-refractivity contribution in [1.29, 1.82) is 0 Å². The predicted molar refractivity (Wildman–Crippen MR) is 74.1 cm³/mol. The summed E-state index contributed by atoms with van der Waals surface area (Å²) in [6.07, 6.45) is 5.68. The fraction of sp³-hybridized carbons (Fsp3) is 0.867. The van der Waals surface area contributed by atoms with Crippen molar-refractivity contribution in [3.8, 4) is 0 Å². The van der Waals surface area contributed by atoms with Crippen LogP contribution < -0.4 is 5.32 Å². The Hall–Kier alpha value is -1.10. The number of ether oxygens (including phenoxy) is 1. The number of hydrogen-bond donors (Lipinski definition) is 1. The zero-order chi connectivity index (χ0) is 14.4. The lowest BCUT2D eigenvalue weighted by atomic mass is 9.82. The molecule has 5 heteroatoms. The highest BCUT2D eigenvalue weighted by Gasteiger charge is 2.61. The molecule has 2 amide bonds. The number of methoxy groups -OCH3 is 1. The van der Waals surface area contributed by atoms with E-state index in [1.165, 1.54) is 0 Å². The average Bonchev–Trinajstić information content (AvgIpc) is 3.17. The van der Waals surface area contributed by atoms with Gasteiger partial charge in [-0.3, -0.25) is 9.59 Å². The smallest absolute Gasteiger partial charge is 0.249 e. The second-order valence-electron chi connectivity index (χ2n) is 6.62. The molecule has 3 rings (SSSR count). The van der Waals surface area contributed by atoms with Crippen molar-refractivity contribution in [2.45, 2.75) is 56.5 Å². The number of carbonyl (C=O) groups is 2. The summed E-state index contributed by atoms with van der Waals surface area (Å²) in [7, 11) is 1.63. The number of piperazine rings is 1. The van der Waals surface area contributed by atoms with E-state index in [0.29, 0.717) is 19.1 Å². The Kier molecular flexibility index (Phi) is 3.27. The van der Waals surface area contributed by atoms with Gasteiger partial charge in [0.25, 0.3) is 0 Å². The third-order valence-electron chi connectivity index (χ3n) is 5.35.